The largest absolute Gasteiger partial charge is 0.442 e. The second-order valence-corrected chi connectivity index (χ2v) is 8.17. The van der Waals surface area contributed by atoms with Crippen molar-refractivity contribution in [2.75, 3.05) is 49.1 Å². The summed E-state index contributed by atoms with van der Waals surface area (Å²) in [5, 5.41) is 1.95. The van der Waals surface area contributed by atoms with Crippen molar-refractivity contribution in [1.29, 1.82) is 0 Å². The molecule has 1 atom stereocenters. The first-order chi connectivity index (χ1) is 15.8. The minimum absolute atomic E-state index is 0.127. The van der Waals surface area contributed by atoms with Crippen LogP contribution >= 0.6 is 12.6 Å². The van der Waals surface area contributed by atoms with Crippen molar-refractivity contribution in [3.8, 4) is 0 Å². The van der Waals surface area contributed by atoms with Crippen molar-refractivity contribution < 1.29 is 23.5 Å². The third-order valence-electron chi connectivity index (χ3n) is 5.51. The fourth-order valence-electron chi connectivity index (χ4n) is 3.78. The van der Waals surface area contributed by atoms with Gasteiger partial charge in [0, 0.05) is 32.4 Å². The zero-order valence-corrected chi connectivity index (χ0v) is 18.8. The van der Waals surface area contributed by atoms with Crippen LogP contribution < -0.4 is 15.1 Å². The third-order valence-corrected chi connectivity index (χ3v) is 5.66. The molecule has 3 amide bonds. The molecule has 2 aliphatic heterocycles. The van der Waals surface area contributed by atoms with Crippen LogP contribution in [-0.2, 0) is 4.74 Å². The van der Waals surface area contributed by atoms with E-state index in [1.807, 2.05) is 4.90 Å². The number of aromatic nitrogens is 2. The molecule has 2 saturated heterocycles. The molecule has 0 saturated carbocycles. The number of thiol groups is 1. The number of halogens is 1. The molecule has 1 aromatic heterocycles. The smallest absolute Gasteiger partial charge is 0.414 e. The Morgan fingerprint density at radius 3 is 2.61 bits per heavy atom. The maximum absolute atomic E-state index is 14.9. The number of rotatable bonds is 5. The summed E-state index contributed by atoms with van der Waals surface area (Å²) < 4.78 is 20.1. The number of benzene rings is 1. The lowest BCUT2D eigenvalue weighted by Crippen LogP contribution is -2.49. The van der Waals surface area contributed by atoms with Crippen molar-refractivity contribution in [1.82, 2.24) is 20.2 Å². The van der Waals surface area contributed by atoms with Gasteiger partial charge in [-0.1, -0.05) is 12.6 Å². The number of anilines is 2. The molecule has 33 heavy (non-hydrogen) atoms. The zero-order chi connectivity index (χ0) is 23.5. The van der Waals surface area contributed by atoms with Crippen LogP contribution in [0.5, 0.6) is 0 Å². The van der Waals surface area contributed by atoms with E-state index < -0.39 is 23.3 Å². The van der Waals surface area contributed by atoms with E-state index in [9.17, 15) is 18.8 Å². The highest BCUT2D eigenvalue weighted by Gasteiger charge is 2.33. The van der Waals surface area contributed by atoms with E-state index in [-0.39, 0.29) is 24.7 Å². The summed E-state index contributed by atoms with van der Waals surface area (Å²) in [6.45, 7) is 3.88. The molecular formula is C21H23FN6O4S. The van der Waals surface area contributed by atoms with Gasteiger partial charge in [-0.25, -0.2) is 14.2 Å². The van der Waals surface area contributed by atoms with Crippen LogP contribution in [0.4, 0.5) is 25.4 Å². The summed E-state index contributed by atoms with van der Waals surface area (Å²) in [4.78, 5) is 48.8. The molecule has 0 bridgehead atoms. The zero-order valence-electron chi connectivity index (χ0n) is 17.9. The third kappa shape index (κ3) is 5.16. The lowest BCUT2D eigenvalue weighted by molar-refractivity contribution is 0.0740. The van der Waals surface area contributed by atoms with Gasteiger partial charge in [0.2, 0.25) is 0 Å². The van der Waals surface area contributed by atoms with Crippen molar-refractivity contribution in [3.05, 3.63) is 47.8 Å². The predicted molar refractivity (Wildman–Crippen MR) is 121 cm³/mol. The average molecular weight is 475 g/mol. The predicted octanol–water partition coefficient (Wildman–Crippen LogP) is 1.85. The Hall–Kier alpha value is -3.41. The standard InChI is InChI=1S/C21H23FN6O4S/c1-13-9-24-17(11-23-13)19(29)27-6-4-26(5-7-27)18-3-2-14(8-16(18)22)28-12-15(32-21(28)31)10-25-20(30)33/h2-3,8-9,11,15H,4-7,10,12H2,1H3,(H2,25,30,33). The first-order valence-corrected chi connectivity index (χ1v) is 10.8. The van der Waals surface area contributed by atoms with E-state index >= 15 is 0 Å². The summed E-state index contributed by atoms with van der Waals surface area (Å²) in [5.74, 6) is -0.675. The number of nitrogens with zero attached hydrogens (tertiary/aromatic N) is 5. The molecule has 2 aliphatic rings. The first-order valence-electron chi connectivity index (χ1n) is 10.4. The van der Waals surface area contributed by atoms with Gasteiger partial charge in [0.05, 0.1) is 36.4 Å². The van der Waals surface area contributed by atoms with Gasteiger partial charge >= 0.3 is 6.09 Å². The number of carbonyl (C=O) groups is 3. The highest BCUT2D eigenvalue weighted by molar-refractivity contribution is 7.96. The molecule has 3 heterocycles. The Bertz CT molecular complexity index is 1060. The quantitative estimate of drug-likeness (QED) is 0.637. The minimum Gasteiger partial charge on any atom is -0.442 e. The number of amides is 3. The lowest BCUT2D eigenvalue weighted by atomic mass is 10.2. The number of cyclic esters (lactones) is 1. The van der Waals surface area contributed by atoms with Crippen molar-refractivity contribution >= 4 is 41.2 Å². The van der Waals surface area contributed by atoms with Crippen LogP contribution in [0.2, 0.25) is 0 Å². The Morgan fingerprint density at radius 1 is 1.21 bits per heavy atom. The molecule has 10 nitrogen and oxygen atoms in total. The molecule has 1 aromatic carbocycles. The second kappa shape index (κ2) is 9.61. The van der Waals surface area contributed by atoms with Gasteiger partial charge in [0.15, 0.2) is 0 Å². The summed E-state index contributed by atoms with van der Waals surface area (Å²) in [6.07, 6.45) is 1.87. The van der Waals surface area contributed by atoms with Crippen LogP contribution in [0, 0.1) is 12.7 Å². The molecule has 4 rings (SSSR count). The topological polar surface area (TPSA) is 108 Å². The van der Waals surface area contributed by atoms with Crippen LogP contribution in [0.25, 0.3) is 0 Å². The molecule has 1 unspecified atom stereocenters. The van der Waals surface area contributed by atoms with E-state index in [0.29, 0.717) is 37.6 Å². The number of carbonyl (C=O) groups excluding carboxylic acids is 3. The summed E-state index contributed by atoms with van der Waals surface area (Å²) in [7, 11) is 0. The fraction of sp³-hybridized carbons (Fsp3) is 0.381. The molecule has 0 radical (unpaired) electrons. The number of aryl methyl sites for hydroxylation is 1. The van der Waals surface area contributed by atoms with E-state index in [4.69, 9.17) is 4.74 Å². The molecule has 2 fully saturated rings. The van der Waals surface area contributed by atoms with Gasteiger partial charge in [-0.3, -0.25) is 19.5 Å². The Labute approximate surface area is 195 Å². The van der Waals surface area contributed by atoms with Crippen molar-refractivity contribution in [2.45, 2.75) is 13.0 Å². The molecule has 0 aliphatic carbocycles. The van der Waals surface area contributed by atoms with E-state index in [1.54, 1.807) is 30.2 Å². The monoisotopic (exact) mass is 474 g/mol. The molecule has 2 aromatic rings. The Morgan fingerprint density at radius 2 is 1.97 bits per heavy atom. The molecule has 0 spiro atoms. The van der Waals surface area contributed by atoms with Gasteiger partial charge < -0.3 is 19.9 Å². The highest BCUT2D eigenvalue weighted by atomic mass is 32.1. The Balaban J connectivity index is 1.37. The Kier molecular flexibility index (Phi) is 6.63. The van der Waals surface area contributed by atoms with Crippen molar-refractivity contribution in [3.63, 3.8) is 0 Å². The highest BCUT2D eigenvalue weighted by Crippen LogP contribution is 2.28. The summed E-state index contributed by atoms with van der Waals surface area (Å²) in [6, 6.07) is 4.55. The van der Waals surface area contributed by atoms with Crippen LogP contribution in [-0.4, -0.2) is 77.5 Å². The summed E-state index contributed by atoms with van der Waals surface area (Å²) in [5.41, 5.74) is 1.78. The number of piperazine rings is 1. The number of hydrogen-bond donors (Lipinski definition) is 2. The maximum Gasteiger partial charge on any atom is 0.414 e. The van der Waals surface area contributed by atoms with E-state index in [2.05, 4.69) is 27.9 Å². The SMILES string of the molecule is Cc1cnc(C(=O)N2CCN(c3ccc(N4CC(CNC(=O)S)OC4=O)cc3F)CC2)cn1. The molecular weight excluding hydrogens is 451 g/mol. The number of ether oxygens (including phenoxy) is 1. The van der Waals surface area contributed by atoms with Gasteiger partial charge in [-0.05, 0) is 25.1 Å². The summed E-state index contributed by atoms with van der Waals surface area (Å²) >= 11 is 3.61. The number of nitrogens with one attached hydrogen (secondary N) is 1. The van der Waals surface area contributed by atoms with Crippen LogP contribution in [0.15, 0.2) is 30.6 Å². The average Bonchev–Trinajstić information content (AvgIpc) is 3.18. The van der Waals surface area contributed by atoms with E-state index in [0.717, 1.165) is 5.69 Å². The molecule has 1 N–H and O–H groups in total. The minimum atomic E-state index is -0.605. The number of hydrogen-bond acceptors (Lipinski definition) is 7. The maximum atomic E-state index is 14.9. The normalized spacial score (nSPS) is 18.3. The fourth-order valence-corrected chi connectivity index (χ4v) is 3.87. The van der Waals surface area contributed by atoms with Gasteiger partial charge in [-0.15, -0.1) is 0 Å². The molecule has 12 heteroatoms. The molecule has 174 valence electrons. The van der Waals surface area contributed by atoms with Gasteiger partial charge in [-0.2, -0.15) is 0 Å². The van der Waals surface area contributed by atoms with E-state index in [1.165, 1.54) is 17.2 Å². The first kappa shape index (κ1) is 22.8. The van der Waals surface area contributed by atoms with Crippen molar-refractivity contribution in [2.24, 2.45) is 0 Å². The van der Waals surface area contributed by atoms with Crippen LogP contribution in [0.1, 0.15) is 16.2 Å². The second-order valence-electron chi connectivity index (χ2n) is 7.76. The van der Waals surface area contributed by atoms with Gasteiger partial charge in [0.1, 0.15) is 17.6 Å². The van der Waals surface area contributed by atoms with Crippen LogP contribution in [0.3, 0.4) is 0 Å². The lowest BCUT2D eigenvalue weighted by Gasteiger charge is -2.36. The van der Waals surface area contributed by atoms with Gasteiger partial charge in [0.25, 0.3) is 11.1 Å².